The van der Waals surface area contributed by atoms with E-state index in [0.29, 0.717) is 17.1 Å². The topological polar surface area (TPSA) is 148 Å². The van der Waals surface area contributed by atoms with Gasteiger partial charge in [-0.05, 0) is 76.5 Å². The summed E-state index contributed by atoms with van der Waals surface area (Å²) in [6.07, 6.45) is 8.51. The molecule has 0 radical (unpaired) electrons. The van der Waals surface area contributed by atoms with Gasteiger partial charge in [0.25, 0.3) is 0 Å². The molecule has 44 heavy (non-hydrogen) atoms. The molecule has 1 rings (SSSR count). The summed E-state index contributed by atoms with van der Waals surface area (Å²) in [6.45, 7) is 20.8. The highest BCUT2D eigenvalue weighted by Gasteiger charge is 2.48. The van der Waals surface area contributed by atoms with Crippen LogP contribution in [0.25, 0.3) is 0 Å². The zero-order chi connectivity index (χ0) is 34.2. The summed E-state index contributed by atoms with van der Waals surface area (Å²) in [5.41, 5.74) is -0.147. The average Bonchev–Trinajstić information content (AvgIpc) is 2.94. The van der Waals surface area contributed by atoms with Crippen molar-refractivity contribution in [3.05, 3.63) is 47.6 Å². The standard InChI is InChI=1S/C36H62O8/c1-12-21(2)18-35(10)19-27(8)33(41)36(11,44-35)20-26(7)31(39)23(4)14-16-29(37)22(3)13-15-30(38)24(5)17-25(6)32(40)28(9)34(42)43/h13-17,20-24,27-33,37-41H,12,18-19H2,1-11H3,(H,42,43). The van der Waals surface area contributed by atoms with Gasteiger partial charge in [-0.1, -0.05) is 78.3 Å². The summed E-state index contributed by atoms with van der Waals surface area (Å²) < 4.78 is 6.60. The van der Waals surface area contributed by atoms with Crippen molar-refractivity contribution >= 4 is 5.97 Å². The number of hydrogen-bond acceptors (Lipinski definition) is 7. The van der Waals surface area contributed by atoms with Gasteiger partial charge in [0.2, 0.25) is 0 Å². The second-order valence-corrected chi connectivity index (χ2v) is 14.2. The summed E-state index contributed by atoms with van der Waals surface area (Å²) in [7, 11) is 0. The second kappa shape index (κ2) is 17.2. The molecule has 1 saturated heterocycles. The van der Waals surface area contributed by atoms with Gasteiger partial charge in [0.05, 0.1) is 42.0 Å². The molecule has 13 unspecified atom stereocenters. The first-order valence-corrected chi connectivity index (χ1v) is 16.3. The van der Waals surface area contributed by atoms with Gasteiger partial charge in [0, 0.05) is 17.8 Å². The van der Waals surface area contributed by atoms with E-state index in [1.165, 1.54) is 6.92 Å². The van der Waals surface area contributed by atoms with Crippen molar-refractivity contribution < 1.29 is 40.2 Å². The van der Waals surface area contributed by atoms with Crippen LogP contribution in [0.3, 0.4) is 0 Å². The summed E-state index contributed by atoms with van der Waals surface area (Å²) in [5, 5.41) is 62.8. The van der Waals surface area contributed by atoms with Crippen molar-refractivity contribution in [3.63, 3.8) is 0 Å². The lowest BCUT2D eigenvalue weighted by atomic mass is 9.74. The highest BCUT2D eigenvalue weighted by Crippen LogP contribution is 2.43. The van der Waals surface area contributed by atoms with E-state index in [1.807, 2.05) is 40.7 Å². The van der Waals surface area contributed by atoms with E-state index in [1.54, 1.807) is 44.2 Å². The molecule has 1 heterocycles. The first kappa shape index (κ1) is 40.2. The molecule has 0 aromatic rings. The molecule has 0 bridgehead atoms. The number of aliphatic carboxylic acids is 1. The number of hydrogen-bond donors (Lipinski definition) is 6. The van der Waals surface area contributed by atoms with Crippen LogP contribution in [-0.2, 0) is 9.53 Å². The third kappa shape index (κ3) is 11.5. The van der Waals surface area contributed by atoms with Crippen LogP contribution in [0.1, 0.15) is 95.4 Å². The third-order valence-electron chi connectivity index (χ3n) is 9.46. The molecule has 8 heteroatoms. The van der Waals surface area contributed by atoms with Gasteiger partial charge < -0.3 is 35.4 Å². The van der Waals surface area contributed by atoms with Crippen LogP contribution in [0.4, 0.5) is 0 Å². The summed E-state index contributed by atoms with van der Waals surface area (Å²) in [6, 6.07) is 0. The van der Waals surface area contributed by atoms with E-state index in [2.05, 4.69) is 20.8 Å². The number of carboxylic acids is 1. The largest absolute Gasteiger partial charge is 0.481 e. The van der Waals surface area contributed by atoms with Gasteiger partial charge in [-0.15, -0.1) is 0 Å². The Hall–Kier alpha value is -1.81. The van der Waals surface area contributed by atoms with E-state index in [-0.39, 0.29) is 29.3 Å². The molecule has 13 atom stereocenters. The molecular weight excluding hydrogens is 560 g/mol. The highest BCUT2D eigenvalue weighted by molar-refractivity contribution is 5.70. The van der Waals surface area contributed by atoms with E-state index < -0.39 is 48.0 Å². The first-order valence-electron chi connectivity index (χ1n) is 16.3. The molecule has 0 spiro atoms. The van der Waals surface area contributed by atoms with Crippen molar-refractivity contribution in [1.82, 2.24) is 0 Å². The van der Waals surface area contributed by atoms with Gasteiger partial charge >= 0.3 is 5.97 Å². The summed E-state index contributed by atoms with van der Waals surface area (Å²) in [5.74, 6) is -2.53. The van der Waals surface area contributed by atoms with E-state index in [0.717, 1.165) is 19.3 Å². The van der Waals surface area contributed by atoms with Crippen LogP contribution < -0.4 is 0 Å². The minimum atomic E-state index is -1.14. The Labute approximate surface area is 266 Å². The van der Waals surface area contributed by atoms with Crippen LogP contribution in [-0.4, -0.2) is 78.3 Å². The first-order chi connectivity index (χ1) is 20.2. The van der Waals surface area contributed by atoms with Crippen LogP contribution in [0.15, 0.2) is 47.6 Å². The van der Waals surface area contributed by atoms with Crippen LogP contribution in [0, 0.1) is 35.5 Å². The summed E-state index contributed by atoms with van der Waals surface area (Å²) >= 11 is 0. The van der Waals surface area contributed by atoms with Gasteiger partial charge in [-0.2, -0.15) is 0 Å². The molecule has 1 fully saturated rings. The average molecular weight is 623 g/mol. The normalized spacial score (nSPS) is 31.7. The monoisotopic (exact) mass is 622 g/mol. The molecule has 0 saturated carbocycles. The Kier molecular flexibility index (Phi) is 15.7. The van der Waals surface area contributed by atoms with Crippen LogP contribution in [0.2, 0.25) is 0 Å². The predicted octanol–water partition coefficient (Wildman–Crippen LogP) is 5.43. The fraction of sp³-hybridized carbons (Fsp3) is 0.750. The zero-order valence-electron chi connectivity index (χ0n) is 28.9. The second-order valence-electron chi connectivity index (χ2n) is 14.2. The Bertz CT molecular complexity index is 1030. The maximum atomic E-state index is 11.1. The van der Waals surface area contributed by atoms with Crippen molar-refractivity contribution in [2.75, 3.05) is 0 Å². The minimum absolute atomic E-state index is 0.0415. The molecule has 0 aromatic heterocycles. The van der Waals surface area contributed by atoms with Gasteiger partial charge in [0.1, 0.15) is 5.60 Å². The molecule has 0 aromatic carbocycles. The molecular formula is C36H62O8. The number of aliphatic hydroxyl groups excluding tert-OH is 5. The van der Waals surface area contributed by atoms with E-state index >= 15 is 0 Å². The van der Waals surface area contributed by atoms with Gasteiger partial charge in [0.15, 0.2) is 0 Å². The van der Waals surface area contributed by atoms with Crippen molar-refractivity contribution in [1.29, 1.82) is 0 Å². The lowest BCUT2D eigenvalue weighted by molar-refractivity contribution is -0.224. The minimum Gasteiger partial charge on any atom is -0.481 e. The van der Waals surface area contributed by atoms with Gasteiger partial charge in [-0.25, -0.2) is 0 Å². The predicted molar refractivity (Wildman–Crippen MR) is 176 cm³/mol. The number of ether oxygens (including phenoxy) is 1. The molecule has 6 N–H and O–H groups in total. The SMILES string of the molecule is CCC(C)CC1(C)CC(C)C(O)C(C)(C=C(C)C(O)C(C)C=CC(O)C(C)C=CC(O)C(C)C=C(C)C(O)C(C)C(=O)O)O1. The van der Waals surface area contributed by atoms with Crippen molar-refractivity contribution in [2.24, 2.45) is 35.5 Å². The molecule has 0 aliphatic carbocycles. The number of carbonyl (C=O) groups is 1. The van der Waals surface area contributed by atoms with E-state index in [4.69, 9.17) is 9.84 Å². The fourth-order valence-electron chi connectivity index (χ4n) is 6.35. The smallest absolute Gasteiger partial charge is 0.309 e. The number of aliphatic hydroxyl groups is 5. The van der Waals surface area contributed by atoms with Crippen LogP contribution in [0.5, 0.6) is 0 Å². The zero-order valence-corrected chi connectivity index (χ0v) is 28.9. The summed E-state index contributed by atoms with van der Waals surface area (Å²) in [4.78, 5) is 11.1. The molecule has 254 valence electrons. The Balaban J connectivity index is 2.90. The fourth-order valence-corrected chi connectivity index (χ4v) is 6.35. The van der Waals surface area contributed by atoms with E-state index in [9.17, 15) is 30.3 Å². The maximum absolute atomic E-state index is 11.1. The Morgan fingerprint density at radius 3 is 1.91 bits per heavy atom. The maximum Gasteiger partial charge on any atom is 0.309 e. The third-order valence-corrected chi connectivity index (χ3v) is 9.46. The molecule has 1 aliphatic rings. The Morgan fingerprint density at radius 2 is 1.39 bits per heavy atom. The molecule has 0 amide bonds. The number of rotatable bonds is 16. The lowest BCUT2D eigenvalue weighted by Gasteiger charge is -2.51. The van der Waals surface area contributed by atoms with Crippen molar-refractivity contribution in [2.45, 2.75) is 137 Å². The number of carboxylic acid groups (broad SMARTS) is 1. The van der Waals surface area contributed by atoms with Gasteiger partial charge in [-0.3, -0.25) is 4.79 Å². The lowest BCUT2D eigenvalue weighted by Crippen LogP contribution is -2.57. The molecule has 1 aliphatic heterocycles. The van der Waals surface area contributed by atoms with Crippen LogP contribution >= 0.6 is 0 Å². The highest BCUT2D eigenvalue weighted by atomic mass is 16.5. The molecule has 8 nitrogen and oxygen atoms in total. The van der Waals surface area contributed by atoms with Crippen molar-refractivity contribution in [3.8, 4) is 0 Å². The quantitative estimate of drug-likeness (QED) is 0.125. The Morgan fingerprint density at radius 1 is 0.864 bits per heavy atom.